The second-order valence-electron chi connectivity index (χ2n) is 3.52. The average molecular weight is 266 g/mol. The summed E-state index contributed by atoms with van der Waals surface area (Å²) < 4.78 is 10.2. The van der Waals surface area contributed by atoms with Gasteiger partial charge in [0.2, 0.25) is 5.22 Å². The Labute approximate surface area is 110 Å². The number of amides is 1. The minimum absolute atomic E-state index is 0.0773. The zero-order chi connectivity index (χ0) is 13.0. The van der Waals surface area contributed by atoms with E-state index in [1.165, 1.54) is 12.3 Å². The Balaban J connectivity index is 2.12. The van der Waals surface area contributed by atoms with Crippen LogP contribution in [0.15, 0.2) is 41.0 Å². The molecule has 1 N–H and O–H groups in total. The van der Waals surface area contributed by atoms with E-state index in [0.29, 0.717) is 23.6 Å². The minimum atomic E-state index is -0.317. The van der Waals surface area contributed by atoms with Crippen molar-refractivity contribution in [3.63, 3.8) is 0 Å². The molecule has 0 radical (unpaired) electrons. The molecule has 1 heterocycles. The number of rotatable bonds is 4. The fraction of sp³-hybridized carbons (Fsp3) is 0.154. The van der Waals surface area contributed by atoms with Crippen LogP contribution in [-0.4, -0.2) is 12.5 Å². The fourth-order valence-corrected chi connectivity index (χ4v) is 1.68. The number of benzene rings is 1. The van der Waals surface area contributed by atoms with E-state index < -0.39 is 0 Å². The molecule has 5 heteroatoms. The lowest BCUT2D eigenvalue weighted by molar-refractivity contribution is 0.102. The molecule has 0 bridgehead atoms. The van der Waals surface area contributed by atoms with Crippen LogP contribution in [0.5, 0.6) is 5.75 Å². The number of carbonyl (C=O) groups is 1. The van der Waals surface area contributed by atoms with E-state index in [1.54, 1.807) is 18.2 Å². The van der Waals surface area contributed by atoms with Crippen LogP contribution >= 0.6 is 11.6 Å². The molecule has 0 saturated carbocycles. The Morgan fingerprint density at radius 1 is 1.44 bits per heavy atom. The first-order valence-electron chi connectivity index (χ1n) is 5.48. The van der Waals surface area contributed by atoms with Crippen LogP contribution < -0.4 is 10.1 Å². The molecule has 4 nitrogen and oxygen atoms in total. The molecule has 0 atom stereocenters. The highest BCUT2D eigenvalue weighted by Crippen LogP contribution is 2.21. The fourth-order valence-electron chi connectivity index (χ4n) is 1.48. The van der Waals surface area contributed by atoms with Gasteiger partial charge in [0.1, 0.15) is 5.75 Å². The van der Waals surface area contributed by atoms with Gasteiger partial charge in [-0.2, -0.15) is 0 Å². The van der Waals surface area contributed by atoms with E-state index in [9.17, 15) is 4.79 Å². The van der Waals surface area contributed by atoms with Crippen LogP contribution in [0.3, 0.4) is 0 Å². The van der Waals surface area contributed by atoms with Crippen molar-refractivity contribution in [1.29, 1.82) is 0 Å². The number of hydrogen-bond donors (Lipinski definition) is 1. The molecule has 0 saturated heterocycles. The third-order valence-corrected chi connectivity index (χ3v) is 2.56. The van der Waals surface area contributed by atoms with Gasteiger partial charge in [0.05, 0.1) is 18.4 Å². The first kappa shape index (κ1) is 12.5. The normalized spacial score (nSPS) is 10.1. The lowest BCUT2D eigenvalue weighted by Gasteiger charge is -2.07. The summed E-state index contributed by atoms with van der Waals surface area (Å²) in [4.78, 5) is 11.9. The monoisotopic (exact) mass is 265 g/mol. The maximum atomic E-state index is 11.9. The van der Waals surface area contributed by atoms with Gasteiger partial charge >= 0.3 is 0 Å². The van der Waals surface area contributed by atoms with Crippen molar-refractivity contribution in [1.82, 2.24) is 0 Å². The van der Waals surface area contributed by atoms with E-state index >= 15 is 0 Å². The van der Waals surface area contributed by atoms with E-state index in [1.807, 2.05) is 13.0 Å². The second kappa shape index (κ2) is 5.60. The van der Waals surface area contributed by atoms with Crippen LogP contribution in [0.25, 0.3) is 0 Å². The van der Waals surface area contributed by atoms with Gasteiger partial charge in [-0.1, -0.05) is 6.07 Å². The van der Waals surface area contributed by atoms with Gasteiger partial charge < -0.3 is 14.5 Å². The van der Waals surface area contributed by atoms with Crippen LogP contribution in [0, 0.1) is 0 Å². The molecule has 1 aromatic carbocycles. The lowest BCUT2D eigenvalue weighted by atomic mass is 10.2. The highest BCUT2D eigenvalue weighted by atomic mass is 35.5. The van der Waals surface area contributed by atoms with Gasteiger partial charge in [-0.25, -0.2) is 0 Å². The van der Waals surface area contributed by atoms with Crippen LogP contribution in [0.1, 0.15) is 17.3 Å². The molecule has 0 spiro atoms. The Bertz CT molecular complexity index is 551. The third kappa shape index (κ3) is 2.84. The predicted molar refractivity (Wildman–Crippen MR) is 69.3 cm³/mol. The molecule has 2 rings (SSSR count). The van der Waals surface area contributed by atoms with Gasteiger partial charge in [-0.15, -0.1) is 0 Å². The molecular formula is C13H12ClNO3. The maximum Gasteiger partial charge on any atom is 0.260 e. The smallest absolute Gasteiger partial charge is 0.260 e. The summed E-state index contributed by atoms with van der Waals surface area (Å²) in [6.07, 6.45) is 1.37. The lowest BCUT2D eigenvalue weighted by Crippen LogP contribution is -2.11. The van der Waals surface area contributed by atoms with E-state index in [-0.39, 0.29) is 11.1 Å². The topological polar surface area (TPSA) is 51.5 Å². The van der Waals surface area contributed by atoms with Gasteiger partial charge in [-0.3, -0.25) is 4.79 Å². The van der Waals surface area contributed by atoms with Crippen molar-refractivity contribution >= 4 is 23.2 Å². The SMILES string of the molecule is CCOc1cccc(NC(=O)c2ccoc2Cl)c1. The van der Waals surface area contributed by atoms with Crippen molar-refractivity contribution in [2.45, 2.75) is 6.92 Å². The number of nitrogens with one attached hydrogen (secondary N) is 1. The second-order valence-corrected chi connectivity index (χ2v) is 3.87. The number of ether oxygens (including phenoxy) is 1. The molecular weight excluding hydrogens is 254 g/mol. The highest BCUT2D eigenvalue weighted by Gasteiger charge is 2.13. The molecule has 1 aromatic heterocycles. The van der Waals surface area contributed by atoms with Crippen molar-refractivity contribution in [2.75, 3.05) is 11.9 Å². The summed E-state index contributed by atoms with van der Waals surface area (Å²) in [5.74, 6) is 0.385. The van der Waals surface area contributed by atoms with E-state index in [0.717, 1.165) is 0 Å². The van der Waals surface area contributed by atoms with Gasteiger partial charge in [0.25, 0.3) is 5.91 Å². The first-order valence-corrected chi connectivity index (χ1v) is 5.85. The zero-order valence-corrected chi connectivity index (χ0v) is 10.5. The molecule has 0 aliphatic heterocycles. The zero-order valence-electron chi connectivity index (χ0n) is 9.77. The van der Waals surface area contributed by atoms with E-state index in [2.05, 4.69) is 5.32 Å². The summed E-state index contributed by atoms with van der Waals surface area (Å²) >= 11 is 5.73. The molecule has 0 aliphatic carbocycles. The number of hydrogen-bond acceptors (Lipinski definition) is 3. The predicted octanol–water partition coefficient (Wildman–Crippen LogP) is 3.58. The Morgan fingerprint density at radius 2 is 2.28 bits per heavy atom. The van der Waals surface area contributed by atoms with Crippen molar-refractivity contribution < 1.29 is 13.9 Å². The molecule has 0 aliphatic rings. The third-order valence-electron chi connectivity index (χ3n) is 2.27. The average Bonchev–Trinajstić information content (AvgIpc) is 2.76. The van der Waals surface area contributed by atoms with Gasteiger partial charge in [0, 0.05) is 11.8 Å². The summed E-state index contributed by atoms with van der Waals surface area (Å²) in [5, 5.41) is 2.80. The molecule has 0 unspecified atom stereocenters. The van der Waals surface area contributed by atoms with Gasteiger partial charge in [-0.05, 0) is 36.7 Å². The summed E-state index contributed by atoms with van der Waals surface area (Å²) in [7, 11) is 0. The summed E-state index contributed by atoms with van der Waals surface area (Å²) in [6, 6.07) is 8.66. The van der Waals surface area contributed by atoms with Crippen LogP contribution in [0.2, 0.25) is 5.22 Å². The molecule has 2 aromatic rings. The summed E-state index contributed by atoms with van der Waals surface area (Å²) in [6.45, 7) is 2.47. The molecule has 94 valence electrons. The van der Waals surface area contributed by atoms with Crippen molar-refractivity contribution in [3.8, 4) is 5.75 Å². The quantitative estimate of drug-likeness (QED) is 0.919. The van der Waals surface area contributed by atoms with Crippen molar-refractivity contribution in [2.24, 2.45) is 0 Å². The highest BCUT2D eigenvalue weighted by molar-refractivity contribution is 6.32. The first-order chi connectivity index (χ1) is 8.70. The maximum absolute atomic E-state index is 11.9. The molecule has 18 heavy (non-hydrogen) atoms. The Hall–Kier alpha value is -1.94. The standard InChI is InChI=1S/C13H12ClNO3/c1-2-17-10-5-3-4-9(8-10)15-13(16)11-6-7-18-12(11)14/h3-8H,2H2,1H3,(H,15,16). The number of furan rings is 1. The number of carbonyl (C=O) groups excluding carboxylic acids is 1. The van der Waals surface area contributed by atoms with Crippen LogP contribution in [0.4, 0.5) is 5.69 Å². The molecule has 1 amide bonds. The van der Waals surface area contributed by atoms with Gasteiger partial charge in [0.15, 0.2) is 0 Å². The molecule has 0 fully saturated rings. The number of anilines is 1. The Morgan fingerprint density at radius 3 is 2.94 bits per heavy atom. The van der Waals surface area contributed by atoms with E-state index in [4.69, 9.17) is 20.8 Å². The number of halogens is 1. The minimum Gasteiger partial charge on any atom is -0.494 e. The Kier molecular flexibility index (Phi) is 3.89. The van der Waals surface area contributed by atoms with Crippen molar-refractivity contribution in [3.05, 3.63) is 47.4 Å². The van der Waals surface area contributed by atoms with Crippen LogP contribution in [-0.2, 0) is 0 Å². The summed E-state index contributed by atoms with van der Waals surface area (Å²) in [5.41, 5.74) is 0.946. The largest absolute Gasteiger partial charge is 0.494 e.